The summed E-state index contributed by atoms with van der Waals surface area (Å²) in [5.41, 5.74) is 0.189. The molecule has 0 aromatic heterocycles. The summed E-state index contributed by atoms with van der Waals surface area (Å²) in [5.74, 6) is -0.247. The van der Waals surface area contributed by atoms with Crippen LogP contribution in [0.2, 0.25) is 10.0 Å². The van der Waals surface area contributed by atoms with E-state index in [-0.39, 0.29) is 32.5 Å². The van der Waals surface area contributed by atoms with Crippen molar-refractivity contribution in [2.24, 2.45) is 5.14 Å². The Bertz CT molecular complexity index is 676. The van der Waals surface area contributed by atoms with Crippen molar-refractivity contribution in [1.29, 1.82) is 0 Å². The molecule has 1 atom stereocenters. The molecule has 1 aromatic carbocycles. The van der Waals surface area contributed by atoms with E-state index in [0.717, 1.165) is 19.3 Å². The van der Waals surface area contributed by atoms with E-state index in [1.54, 1.807) is 4.90 Å². The van der Waals surface area contributed by atoms with Crippen LogP contribution in [0.3, 0.4) is 0 Å². The average Bonchev–Trinajstić information content (AvgIpc) is 2.87. The highest BCUT2D eigenvalue weighted by atomic mass is 35.5. The highest BCUT2D eigenvalue weighted by Crippen LogP contribution is 2.31. The number of likely N-dealkylation sites (tertiary alicyclic amines) is 1. The van der Waals surface area contributed by atoms with Crippen molar-refractivity contribution in [3.05, 3.63) is 27.7 Å². The number of sulfonamides is 1. The second kappa shape index (κ2) is 6.12. The van der Waals surface area contributed by atoms with Crippen LogP contribution in [0, 0.1) is 0 Å². The first-order valence-electron chi connectivity index (χ1n) is 6.58. The van der Waals surface area contributed by atoms with Crippen molar-refractivity contribution in [1.82, 2.24) is 4.90 Å². The van der Waals surface area contributed by atoms with Gasteiger partial charge in [-0.25, -0.2) is 13.6 Å². The van der Waals surface area contributed by atoms with E-state index < -0.39 is 10.0 Å². The molecule has 116 valence electrons. The van der Waals surface area contributed by atoms with E-state index in [1.165, 1.54) is 12.1 Å². The van der Waals surface area contributed by atoms with Crippen molar-refractivity contribution >= 4 is 39.1 Å². The molecule has 1 aromatic rings. The van der Waals surface area contributed by atoms with Crippen LogP contribution < -0.4 is 5.14 Å². The lowest BCUT2D eigenvalue weighted by Gasteiger charge is -2.24. The largest absolute Gasteiger partial charge is 0.336 e. The molecule has 1 aliphatic rings. The van der Waals surface area contributed by atoms with Crippen molar-refractivity contribution in [3.8, 4) is 0 Å². The van der Waals surface area contributed by atoms with E-state index >= 15 is 0 Å². The summed E-state index contributed by atoms with van der Waals surface area (Å²) in [7, 11) is -4.04. The number of amides is 1. The second-order valence-corrected chi connectivity index (χ2v) is 7.33. The van der Waals surface area contributed by atoms with Crippen molar-refractivity contribution in [2.75, 3.05) is 6.54 Å². The molecule has 0 radical (unpaired) electrons. The lowest BCUT2D eigenvalue weighted by molar-refractivity contribution is 0.0733. The van der Waals surface area contributed by atoms with Crippen LogP contribution in [0.1, 0.15) is 36.5 Å². The zero-order chi connectivity index (χ0) is 15.8. The number of hydrogen-bond donors (Lipinski definition) is 1. The maximum Gasteiger partial charge on any atom is 0.254 e. The van der Waals surface area contributed by atoms with Gasteiger partial charge < -0.3 is 4.90 Å². The van der Waals surface area contributed by atoms with Gasteiger partial charge in [0.05, 0.1) is 10.0 Å². The molecular formula is C13H16Cl2N2O3S. The van der Waals surface area contributed by atoms with Crippen LogP contribution in [-0.2, 0) is 10.0 Å². The van der Waals surface area contributed by atoms with Gasteiger partial charge in [0.25, 0.3) is 5.91 Å². The first-order chi connectivity index (χ1) is 9.75. The van der Waals surface area contributed by atoms with E-state index in [4.69, 9.17) is 28.3 Å². The predicted octanol–water partition coefficient (Wildman–Crippen LogP) is 2.66. The normalized spacial score (nSPS) is 19.0. The van der Waals surface area contributed by atoms with Gasteiger partial charge in [0.2, 0.25) is 10.0 Å². The standard InChI is InChI=1S/C13H16Cl2N2O3S/c1-2-9-4-3-5-17(9)13(18)8-6-10(14)12(15)11(7-8)21(16,19)20/h6-7,9H,2-5H2,1H3,(H2,16,19,20). The van der Waals surface area contributed by atoms with Gasteiger partial charge in [0, 0.05) is 18.2 Å². The molecule has 0 spiro atoms. The Labute approximate surface area is 134 Å². The summed E-state index contributed by atoms with van der Waals surface area (Å²) in [6, 6.07) is 2.74. The highest BCUT2D eigenvalue weighted by molar-refractivity contribution is 7.89. The fraction of sp³-hybridized carbons (Fsp3) is 0.462. The molecule has 1 amide bonds. The van der Waals surface area contributed by atoms with Crippen LogP contribution in [-0.4, -0.2) is 31.8 Å². The molecule has 2 N–H and O–H groups in total. The Morgan fingerprint density at radius 2 is 2.10 bits per heavy atom. The third kappa shape index (κ3) is 3.34. The minimum absolute atomic E-state index is 0.00112. The van der Waals surface area contributed by atoms with Gasteiger partial charge in [-0.05, 0) is 31.4 Å². The predicted molar refractivity (Wildman–Crippen MR) is 82.2 cm³/mol. The SMILES string of the molecule is CCC1CCCN1C(=O)c1cc(Cl)c(Cl)c(S(N)(=O)=O)c1. The molecule has 2 rings (SSSR count). The Kier molecular flexibility index (Phi) is 4.82. The lowest BCUT2D eigenvalue weighted by Crippen LogP contribution is -2.35. The van der Waals surface area contributed by atoms with Gasteiger partial charge >= 0.3 is 0 Å². The summed E-state index contributed by atoms with van der Waals surface area (Å²) < 4.78 is 23.1. The first kappa shape index (κ1) is 16.5. The molecule has 1 unspecified atom stereocenters. The third-order valence-corrected chi connectivity index (χ3v) is 5.51. The zero-order valence-electron chi connectivity index (χ0n) is 11.5. The zero-order valence-corrected chi connectivity index (χ0v) is 13.8. The monoisotopic (exact) mass is 350 g/mol. The molecule has 0 bridgehead atoms. The minimum Gasteiger partial charge on any atom is -0.336 e. The van der Waals surface area contributed by atoms with Crippen LogP contribution in [0.25, 0.3) is 0 Å². The van der Waals surface area contributed by atoms with E-state index in [0.29, 0.717) is 6.54 Å². The Hall–Kier alpha value is -0.820. The topological polar surface area (TPSA) is 80.5 Å². The number of hydrogen-bond acceptors (Lipinski definition) is 3. The smallest absolute Gasteiger partial charge is 0.254 e. The quantitative estimate of drug-likeness (QED) is 0.909. The molecule has 0 saturated carbocycles. The maximum atomic E-state index is 12.5. The van der Waals surface area contributed by atoms with E-state index in [2.05, 4.69) is 0 Å². The first-order valence-corrected chi connectivity index (χ1v) is 8.88. The van der Waals surface area contributed by atoms with Gasteiger partial charge in [-0.2, -0.15) is 0 Å². The number of carbonyl (C=O) groups excluding carboxylic acids is 1. The number of nitrogens with zero attached hydrogens (tertiary/aromatic N) is 1. The van der Waals surface area contributed by atoms with Crippen LogP contribution >= 0.6 is 23.2 Å². The summed E-state index contributed by atoms with van der Waals surface area (Å²) in [5, 5.41) is 4.94. The number of primary sulfonamides is 1. The fourth-order valence-electron chi connectivity index (χ4n) is 2.59. The molecular weight excluding hydrogens is 335 g/mol. The summed E-state index contributed by atoms with van der Waals surface area (Å²) >= 11 is 11.8. The maximum absolute atomic E-state index is 12.5. The van der Waals surface area contributed by atoms with Gasteiger partial charge in [-0.3, -0.25) is 4.79 Å². The molecule has 1 heterocycles. The fourth-order valence-corrected chi connectivity index (χ4v) is 3.95. The molecule has 8 heteroatoms. The summed E-state index contributed by atoms with van der Waals surface area (Å²) in [6.45, 7) is 2.67. The van der Waals surface area contributed by atoms with Gasteiger partial charge in [-0.1, -0.05) is 30.1 Å². The molecule has 0 aliphatic carbocycles. The van der Waals surface area contributed by atoms with Crippen LogP contribution in [0.5, 0.6) is 0 Å². The summed E-state index contributed by atoms with van der Waals surface area (Å²) in [6.07, 6.45) is 2.74. The number of carbonyl (C=O) groups is 1. The molecule has 5 nitrogen and oxygen atoms in total. The van der Waals surface area contributed by atoms with Crippen LogP contribution in [0.15, 0.2) is 17.0 Å². The van der Waals surface area contributed by atoms with Crippen molar-refractivity contribution < 1.29 is 13.2 Å². The van der Waals surface area contributed by atoms with E-state index in [9.17, 15) is 13.2 Å². The molecule has 1 fully saturated rings. The van der Waals surface area contributed by atoms with Gasteiger partial charge in [-0.15, -0.1) is 0 Å². The third-order valence-electron chi connectivity index (χ3n) is 3.66. The van der Waals surface area contributed by atoms with Crippen molar-refractivity contribution in [2.45, 2.75) is 37.1 Å². The number of rotatable bonds is 3. The molecule has 1 saturated heterocycles. The second-order valence-electron chi connectivity index (χ2n) is 5.02. The average molecular weight is 351 g/mol. The number of benzene rings is 1. The Balaban J connectivity index is 2.45. The lowest BCUT2D eigenvalue weighted by atomic mass is 10.1. The minimum atomic E-state index is -4.04. The van der Waals surface area contributed by atoms with Gasteiger partial charge in [0.15, 0.2) is 0 Å². The number of nitrogens with two attached hydrogens (primary N) is 1. The van der Waals surface area contributed by atoms with E-state index in [1.807, 2.05) is 6.92 Å². The molecule has 21 heavy (non-hydrogen) atoms. The Morgan fingerprint density at radius 3 is 2.67 bits per heavy atom. The molecule has 1 aliphatic heterocycles. The Morgan fingerprint density at radius 1 is 1.43 bits per heavy atom. The van der Waals surface area contributed by atoms with Crippen molar-refractivity contribution in [3.63, 3.8) is 0 Å². The highest BCUT2D eigenvalue weighted by Gasteiger charge is 2.29. The van der Waals surface area contributed by atoms with Crippen LogP contribution in [0.4, 0.5) is 0 Å². The number of halogens is 2. The van der Waals surface area contributed by atoms with Gasteiger partial charge in [0.1, 0.15) is 4.90 Å². The summed E-state index contributed by atoms with van der Waals surface area (Å²) in [4.78, 5) is 14.0.